The molecule has 0 saturated carbocycles. The molecule has 1 aliphatic heterocycles. The molecule has 9 heterocycles. The van der Waals surface area contributed by atoms with E-state index >= 15 is 0 Å². The standard InChI is InChI=1S/C46H32N8/c1-2-4-29(5-3-1)34-28-41-44(32-16-24-49-25-17-32)39-9-8-37(52-39)42(30-12-20-47-21-13-30)35-6-7-36(51-35)43(31-14-22-48-23-15-31)38-10-11-40(53-38)45(46(34)54-41)33-18-26-50-27-19-33/h1-28,51-54H. The molecule has 4 N–H and O–H groups in total. The van der Waals surface area contributed by atoms with Crippen molar-refractivity contribution >= 4 is 22.3 Å². The van der Waals surface area contributed by atoms with Gasteiger partial charge < -0.3 is 19.9 Å². The van der Waals surface area contributed by atoms with Gasteiger partial charge in [0.1, 0.15) is 0 Å². The van der Waals surface area contributed by atoms with Crippen LogP contribution in [0.5, 0.6) is 0 Å². The molecule has 8 bridgehead atoms. The first-order valence-corrected chi connectivity index (χ1v) is 17.8. The molecule has 0 amide bonds. The number of nitrogens with one attached hydrogen (secondary N) is 4. The van der Waals surface area contributed by atoms with E-state index in [1.807, 2.05) is 73.8 Å². The SMILES string of the molecule is c1ccc(-c2cc3[nH]c2=C(c2ccncc2)c2ccc([nH]2)C(c2ccncc2)=c2ccc([nH]2)=C(c2ccncc2)c2ccc([nH]2)C=3c2ccncc2)cc1. The zero-order valence-electron chi connectivity index (χ0n) is 29.0. The summed E-state index contributed by atoms with van der Waals surface area (Å²) in [7, 11) is 0. The van der Waals surface area contributed by atoms with Crippen molar-refractivity contribution in [3.63, 3.8) is 0 Å². The summed E-state index contributed by atoms with van der Waals surface area (Å²) in [6.45, 7) is 0. The molecule has 8 aromatic heterocycles. The van der Waals surface area contributed by atoms with Crippen LogP contribution in [-0.4, -0.2) is 39.9 Å². The molecule has 0 saturated heterocycles. The summed E-state index contributed by atoms with van der Waals surface area (Å²) in [5.41, 5.74) is 14.3. The summed E-state index contributed by atoms with van der Waals surface area (Å²) in [5.74, 6) is 0. The molecule has 8 nitrogen and oxygen atoms in total. The van der Waals surface area contributed by atoms with Gasteiger partial charge >= 0.3 is 0 Å². The summed E-state index contributed by atoms with van der Waals surface area (Å²) < 4.78 is 0. The molecule has 0 unspecified atom stereocenters. The molecule has 9 aromatic rings. The normalized spacial score (nSPS) is 12.7. The van der Waals surface area contributed by atoms with Crippen LogP contribution in [-0.2, 0) is 0 Å². The number of H-pyrrole nitrogens is 4. The molecule has 0 aliphatic carbocycles. The van der Waals surface area contributed by atoms with E-state index in [0.717, 1.165) is 99.8 Å². The topological polar surface area (TPSA) is 115 Å². The quantitative estimate of drug-likeness (QED) is 0.189. The Kier molecular flexibility index (Phi) is 7.62. The number of pyridine rings is 4. The third kappa shape index (κ3) is 5.50. The molecule has 54 heavy (non-hydrogen) atoms. The first-order valence-electron chi connectivity index (χ1n) is 17.8. The third-order valence-electron chi connectivity index (χ3n) is 9.97. The second-order valence-corrected chi connectivity index (χ2v) is 13.1. The Hall–Kier alpha value is -7.58. The highest BCUT2D eigenvalue weighted by atomic mass is 14.8. The lowest BCUT2D eigenvalue weighted by atomic mass is 9.99. The Morgan fingerprint density at radius 3 is 1.13 bits per heavy atom. The number of benzene rings is 1. The Labute approximate surface area is 309 Å². The van der Waals surface area contributed by atoms with E-state index in [1.54, 1.807) is 0 Å². The molecule has 0 fully saturated rings. The minimum atomic E-state index is 0.962. The summed E-state index contributed by atoms with van der Waals surface area (Å²) >= 11 is 0. The average molecular weight is 697 g/mol. The van der Waals surface area contributed by atoms with Crippen molar-refractivity contribution in [3.05, 3.63) is 237 Å². The van der Waals surface area contributed by atoms with Gasteiger partial charge in [0, 0.05) is 116 Å². The minimum absolute atomic E-state index is 0.962. The predicted molar refractivity (Wildman–Crippen MR) is 211 cm³/mol. The number of rotatable bonds is 5. The van der Waals surface area contributed by atoms with Crippen LogP contribution in [0.2, 0.25) is 0 Å². The second kappa shape index (κ2) is 13.2. The van der Waals surface area contributed by atoms with Crippen molar-refractivity contribution in [2.24, 2.45) is 0 Å². The van der Waals surface area contributed by atoms with Crippen molar-refractivity contribution in [2.45, 2.75) is 0 Å². The number of aromatic nitrogens is 8. The number of hydrogen-bond acceptors (Lipinski definition) is 4. The summed E-state index contributed by atoms with van der Waals surface area (Å²) in [6.07, 6.45) is 14.7. The Balaban J connectivity index is 1.41. The summed E-state index contributed by atoms with van der Waals surface area (Å²) in [6, 6.07) is 42.2. The number of hydrogen-bond donors (Lipinski definition) is 4. The predicted octanol–water partition coefficient (Wildman–Crippen LogP) is 5.55. The maximum Gasteiger partial charge on any atom is 0.0565 e. The zero-order valence-corrected chi connectivity index (χ0v) is 29.0. The van der Waals surface area contributed by atoms with Crippen LogP contribution in [0.1, 0.15) is 45.0 Å². The van der Waals surface area contributed by atoms with E-state index < -0.39 is 0 Å². The Bertz CT molecular complexity index is 3010. The number of nitrogens with zero attached hydrogens (tertiary/aromatic N) is 4. The molecule has 256 valence electrons. The summed E-state index contributed by atoms with van der Waals surface area (Å²) in [4.78, 5) is 32.9. The Morgan fingerprint density at radius 1 is 0.296 bits per heavy atom. The van der Waals surface area contributed by atoms with Crippen LogP contribution in [0.3, 0.4) is 0 Å². The van der Waals surface area contributed by atoms with Gasteiger partial charge in [-0.25, -0.2) is 0 Å². The van der Waals surface area contributed by atoms with Crippen LogP contribution in [0.15, 0.2) is 171 Å². The van der Waals surface area contributed by atoms with E-state index in [-0.39, 0.29) is 0 Å². The van der Waals surface area contributed by atoms with Gasteiger partial charge in [0.05, 0.1) is 5.35 Å². The first-order chi connectivity index (χ1) is 26.8. The zero-order chi connectivity index (χ0) is 35.8. The smallest absolute Gasteiger partial charge is 0.0565 e. The monoisotopic (exact) mass is 696 g/mol. The van der Waals surface area contributed by atoms with Gasteiger partial charge in [-0.15, -0.1) is 0 Å². The van der Waals surface area contributed by atoms with Crippen molar-refractivity contribution in [3.8, 4) is 11.1 Å². The van der Waals surface area contributed by atoms with Crippen LogP contribution in [0.25, 0.3) is 33.4 Å². The molecular formula is C46H32N8. The van der Waals surface area contributed by atoms with Crippen LogP contribution < -0.4 is 21.4 Å². The van der Waals surface area contributed by atoms with Crippen LogP contribution in [0.4, 0.5) is 0 Å². The maximum absolute atomic E-state index is 4.38. The molecular weight excluding hydrogens is 665 g/mol. The van der Waals surface area contributed by atoms with Crippen LogP contribution in [0, 0.1) is 0 Å². The molecule has 0 atom stereocenters. The fraction of sp³-hybridized carbons (Fsp3) is 0. The van der Waals surface area contributed by atoms with Gasteiger partial charge in [-0.05, 0) is 119 Å². The molecule has 1 aliphatic rings. The largest absolute Gasteiger partial charge is 0.354 e. The molecule has 8 heteroatoms. The first kappa shape index (κ1) is 31.2. The summed E-state index contributed by atoms with van der Waals surface area (Å²) in [5, 5.41) is 3.89. The lowest BCUT2D eigenvalue weighted by Gasteiger charge is -2.10. The van der Waals surface area contributed by atoms with Gasteiger partial charge in [0.2, 0.25) is 0 Å². The molecule has 0 spiro atoms. The molecule has 1 aromatic carbocycles. The maximum atomic E-state index is 4.38. The van der Waals surface area contributed by atoms with Gasteiger partial charge in [-0.2, -0.15) is 0 Å². The van der Waals surface area contributed by atoms with E-state index in [9.17, 15) is 0 Å². The van der Waals surface area contributed by atoms with Gasteiger partial charge in [0.25, 0.3) is 0 Å². The highest BCUT2D eigenvalue weighted by molar-refractivity contribution is 5.86. The second-order valence-electron chi connectivity index (χ2n) is 13.1. The van der Waals surface area contributed by atoms with Crippen molar-refractivity contribution < 1.29 is 0 Å². The minimum Gasteiger partial charge on any atom is -0.354 e. The van der Waals surface area contributed by atoms with E-state index in [1.165, 1.54) is 0 Å². The third-order valence-corrected chi connectivity index (χ3v) is 9.97. The van der Waals surface area contributed by atoms with E-state index in [4.69, 9.17) is 0 Å². The van der Waals surface area contributed by atoms with Gasteiger partial charge in [0.15, 0.2) is 0 Å². The van der Waals surface area contributed by atoms with E-state index in [2.05, 4.69) is 137 Å². The highest BCUT2D eigenvalue weighted by Crippen LogP contribution is 2.28. The lowest BCUT2D eigenvalue weighted by Crippen LogP contribution is -2.19. The van der Waals surface area contributed by atoms with Crippen molar-refractivity contribution in [1.82, 2.24) is 39.9 Å². The van der Waals surface area contributed by atoms with Gasteiger partial charge in [-0.1, -0.05) is 30.3 Å². The van der Waals surface area contributed by atoms with Gasteiger partial charge in [-0.3, -0.25) is 19.9 Å². The molecule has 0 radical (unpaired) electrons. The van der Waals surface area contributed by atoms with Crippen molar-refractivity contribution in [1.29, 1.82) is 0 Å². The number of fused-ring (bicyclic) bond motifs is 8. The lowest BCUT2D eigenvalue weighted by molar-refractivity contribution is 1.18. The fourth-order valence-corrected chi connectivity index (χ4v) is 7.57. The van der Waals surface area contributed by atoms with E-state index in [0.29, 0.717) is 0 Å². The number of aromatic amines is 4. The van der Waals surface area contributed by atoms with Crippen LogP contribution >= 0.6 is 0 Å². The highest BCUT2D eigenvalue weighted by Gasteiger charge is 2.20. The Morgan fingerprint density at radius 2 is 0.685 bits per heavy atom. The fourth-order valence-electron chi connectivity index (χ4n) is 7.57. The molecule has 10 rings (SSSR count). The average Bonchev–Trinajstić information content (AvgIpc) is 4.07. The van der Waals surface area contributed by atoms with Crippen molar-refractivity contribution in [2.75, 3.05) is 0 Å².